The zero-order chi connectivity index (χ0) is 13.2. The molecule has 1 saturated carbocycles. The second-order valence-electron chi connectivity index (χ2n) is 5.92. The second kappa shape index (κ2) is 5.49. The Balaban J connectivity index is 1.82. The van der Waals surface area contributed by atoms with Crippen molar-refractivity contribution in [2.24, 2.45) is 11.7 Å². The van der Waals surface area contributed by atoms with Gasteiger partial charge in [0.1, 0.15) is 5.82 Å². The average Bonchev–Trinajstić information content (AvgIpc) is 2.83. The van der Waals surface area contributed by atoms with Crippen LogP contribution in [0.4, 0.5) is 10.1 Å². The SMILES string of the molecule is NCCc1ccc(N2CCC3CCCCC32)c(F)c1. The van der Waals surface area contributed by atoms with E-state index >= 15 is 0 Å². The summed E-state index contributed by atoms with van der Waals surface area (Å²) in [6, 6.07) is 6.22. The number of benzene rings is 1. The molecule has 0 spiro atoms. The van der Waals surface area contributed by atoms with Gasteiger partial charge in [-0.15, -0.1) is 0 Å². The maximum atomic E-state index is 14.3. The fourth-order valence-electron chi connectivity index (χ4n) is 3.81. The van der Waals surface area contributed by atoms with Gasteiger partial charge in [-0.25, -0.2) is 4.39 Å². The van der Waals surface area contributed by atoms with Crippen molar-refractivity contribution in [1.82, 2.24) is 0 Å². The van der Waals surface area contributed by atoms with E-state index in [-0.39, 0.29) is 5.82 Å². The van der Waals surface area contributed by atoms with Crippen molar-refractivity contribution in [3.63, 3.8) is 0 Å². The van der Waals surface area contributed by atoms with Crippen molar-refractivity contribution in [2.75, 3.05) is 18.0 Å². The molecule has 1 aromatic rings. The highest BCUT2D eigenvalue weighted by atomic mass is 19.1. The molecule has 19 heavy (non-hydrogen) atoms. The van der Waals surface area contributed by atoms with Crippen molar-refractivity contribution in [3.8, 4) is 0 Å². The summed E-state index contributed by atoms with van der Waals surface area (Å²) in [6.07, 6.45) is 7.19. The maximum Gasteiger partial charge on any atom is 0.146 e. The lowest BCUT2D eigenvalue weighted by Gasteiger charge is -2.33. The molecule has 3 heteroatoms. The van der Waals surface area contributed by atoms with Gasteiger partial charge in [0.05, 0.1) is 5.69 Å². The largest absolute Gasteiger partial charge is 0.366 e. The average molecular weight is 262 g/mol. The fraction of sp³-hybridized carbons (Fsp3) is 0.625. The molecular formula is C16H23FN2. The molecule has 1 aliphatic carbocycles. The Morgan fingerprint density at radius 2 is 2.05 bits per heavy atom. The van der Waals surface area contributed by atoms with Crippen molar-refractivity contribution < 1.29 is 4.39 Å². The van der Waals surface area contributed by atoms with Crippen molar-refractivity contribution in [3.05, 3.63) is 29.6 Å². The van der Waals surface area contributed by atoms with Gasteiger partial charge in [-0.2, -0.15) is 0 Å². The molecule has 2 atom stereocenters. The third-order valence-electron chi connectivity index (χ3n) is 4.76. The van der Waals surface area contributed by atoms with E-state index in [9.17, 15) is 4.39 Å². The molecule has 2 N–H and O–H groups in total. The number of rotatable bonds is 3. The van der Waals surface area contributed by atoms with E-state index in [1.807, 2.05) is 12.1 Å². The van der Waals surface area contributed by atoms with Crippen LogP contribution < -0.4 is 10.6 Å². The molecule has 2 nitrogen and oxygen atoms in total. The molecule has 2 fully saturated rings. The fourth-order valence-corrected chi connectivity index (χ4v) is 3.81. The monoisotopic (exact) mass is 262 g/mol. The normalized spacial score (nSPS) is 26.5. The number of fused-ring (bicyclic) bond motifs is 1. The molecular weight excluding hydrogens is 239 g/mol. The molecule has 104 valence electrons. The smallest absolute Gasteiger partial charge is 0.146 e. The van der Waals surface area contributed by atoms with Crippen LogP contribution in [0.25, 0.3) is 0 Å². The minimum absolute atomic E-state index is 0.0721. The molecule has 2 unspecified atom stereocenters. The molecule has 1 heterocycles. The Bertz CT molecular complexity index is 446. The zero-order valence-corrected chi connectivity index (χ0v) is 11.4. The first-order valence-corrected chi connectivity index (χ1v) is 7.54. The number of hydrogen-bond donors (Lipinski definition) is 1. The van der Waals surface area contributed by atoms with Crippen LogP contribution in [0.2, 0.25) is 0 Å². The number of nitrogens with two attached hydrogens (primary N) is 1. The lowest BCUT2D eigenvalue weighted by atomic mass is 9.85. The number of halogens is 1. The minimum Gasteiger partial charge on any atom is -0.366 e. The van der Waals surface area contributed by atoms with E-state index in [2.05, 4.69) is 4.90 Å². The van der Waals surface area contributed by atoms with Crippen LogP contribution in [0, 0.1) is 11.7 Å². The topological polar surface area (TPSA) is 29.3 Å². The van der Waals surface area contributed by atoms with Gasteiger partial charge in [-0.05, 0) is 55.8 Å². The van der Waals surface area contributed by atoms with Crippen LogP contribution in [0.5, 0.6) is 0 Å². The summed E-state index contributed by atoms with van der Waals surface area (Å²) in [5, 5.41) is 0. The zero-order valence-electron chi connectivity index (χ0n) is 11.4. The molecule has 0 aromatic heterocycles. The van der Waals surface area contributed by atoms with E-state index in [0.717, 1.165) is 30.1 Å². The Labute approximate surface area is 114 Å². The molecule has 0 amide bonds. The van der Waals surface area contributed by atoms with Crippen LogP contribution >= 0.6 is 0 Å². The van der Waals surface area contributed by atoms with Crippen molar-refractivity contribution in [2.45, 2.75) is 44.6 Å². The number of nitrogens with zero attached hydrogens (tertiary/aromatic N) is 1. The van der Waals surface area contributed by atoms with Crippen LogP contribution in [0.3, 0.4) is 0 Å². The van der Waals surface area contributed by atoms with Crippen LogP contribution in [0.15, 0.2) is 18.2 Å². The number of hydrogen-bond acceptors (Lipinski definition) is 2. The first-order valence-electron chi connectivity index (χ1n) is 7.54. The van der Waals surface area contributed by atoms with Gasteiger partial charge in [-0.1, -0.05) is 18.9 Å². The lowest BCUT2D eigenvalue weighted by Crippen LogP contribution is -2.35. The van der Waals surface area contributed by atoms with Gasteiger partial charge in [0.25, 0.3) is 0 Å². The Hall–Kier alpha value is -1.09. The predicted octanol–water partition coefficient (Wildman–Crippen LogP) is 3.10. The molecule has 0 radical (unpaired) electrons. The summed E-state index contributed by atoms with van der Waals surface area (Å²) in [5.74, 6) is 0.717. The van der Waals surface area contributed by atoms with Gasteiger partial charge < -0.3 is 10.6 Å². The maximum absolute atomic E-state index is 14.3. The molecule has 1 saturated heterocycles. The van der Waals surface area contributed by atoms with Gasteiger partial charge in [0.2, 0.25) is 0 Å². The second-order valence-corrected chi connectivity index (χ2v) is 5.92. The predicted molar refractivity (Wildman–Crippen MR) is 76.9 cm³/mol. The molecule has 0 bridgehead atoms. The van der Waals surface area contributed by atoms with E-state index in [0.29, 0.717) is 12.6 Å². The summed E-state index contributed by atoms with van der Waals surface area (Å²) in [5.41, 5.74) is 7.33. The van der Waals surface area contributed by atoms with E-state index in [1.165, 1.54) is 32.1 Å². The molecule has 3 rings (SSSR count). The first kappa shape index (κ1) is 12.9. The highest BCUT2D eigenvalue weighted by molar-refractivity contribution is 5.51. The minimum atomic E-state index is -0.0721. The van der Waals surface area contributed by atoms with Crippen LogP contribution in [-0.2, 0) is 6.42 Å². The van der Waals surface area contributed by atoms with Gasteiger partial charge in [0, 0.05) is 12.6 Å². The highest BCUT2D eigenvalue weighted by Gasteiger charge is 2.36. The van der Waals surface area contributed by atoms with Crippen molar-refractivity contribution in [1.29, 1.82) is 0 Å². The summed E-state index contributed by atoms with van der Waals surface area (Å²) in [4.78, 5) is 2.31. The third-order valence-corrected chi connectivity index (χ3v) is 4.76. The standard InChI is InChI=1S/C16H23FN2/c17-14-11-12(7-9-18)5-6-16(14)19-10-8-13-3-1-2-4-15(13)19/h5-6,11,13,15H,1-4,7-10,18H2. The highest BCUT2D eigenvalue weighted by Crippen LogP contribution is 2.39. The van der Waals surface area contributed by atoms with Crippen LogP contribution in [0.1, 0.15) is 37.7 Å². The van der Waals surface area contributed by atoms with Crippen molar-refractivity contribution >= 4 is 5.69 Å². The van der Waals surface area contributed by atoms with Gasteiger partial charge >= 0.3 is 0 Å². The summed E-state index contributed by atoms with van der Waals surface area (Å²) < 4.78 is 14.3. The van der Waals surface area contributed by atoms with E-state index in [4.69, 9.17) is 5.73 Å². The molecule has 1 aromatic carbocycles. The summed E-state index contributed by atoms with van der Waals surface area (Å²) in [6.45, 7) is 1.59. The summed E-state index contributed by atoms with van der Waals surface area (Å²) in [7, 11) is 0. The van der Waals surface area contributed by atoms with Crippen LogP contribution in [-0.4, -0.2) is 19.1 Å². The third kappa shape index (κ3) is 2.48. The van der Waals surface area contributed by atoms with E-state index in [1.54, 1.807) is 6.07 Å². The summed E-state index contributed by atoms with van der Waals surface area (Å²) >= 11 is 0. The Kier molecular flexibility index (Phi) is 3.74. The Morgan fingerprint density at radius 1 is 1.21 bits per heavy atom. The van der Waals surface area contributed by atoms with E-state index < -0.39 is 0 Å². The molecule has 1 aliphatic heterocycles. The Morgan fingerprint density at radius 3 is 2.84 bits per heavy atom. The van der Waals surface area contributed by atoms with Gasteiger partial charge in [0.15, 0.2) is 0 Å². The first-order chi connectivity index (χ1) is 9.29. The van der Waals surface area contributed by atoms with Gasteiger partial charge in [-0.3, -0.25) is 0 Å². The molecule has 2 aliphatic rings. The lowest BCUT2D eigenvalue weighted by molar-refractivity contribution is 0.341. The number of anilines is 1. The quantitative estimate of drug-likeness (QED) is 0.907.